The number of halogens is 1. The number of rotatable bonds is 7. The van der Waals surface area contributed by atoms with Gasteiger partial charge in [0, 0.05) is 23.5 Å². The molecule has 22 heavy (non-hydrogen) atoms. The lowest BCUT2D eigenvalue weighted by Gasteiger charge is -2.10. The maximum Gasteiger partial charge on any atom is 0.267 e. The monoisotopic (exact) mass is 320 g/mol. The van der Waals surface area contributed by atoms with E-state index in [9.17, 15) is 4.79 Å². The third-order valence-electron chi connectivity index (χ3n) is 3.05. The molecule has 0 radical (unpaired) electrons. The number of benzene rings is 1. The van der Waals surface area contributed by atoms with E-state index in [1.807, 2.05) is 27.1 Å². The summed E-state index contributed by atoms with van der Waals surface area (Å²) in [5, 5.41) is 15.3. The molecule has 0 bridgehead atoms. The molecule has 0 spiro atoms. The quantitative estimate of drug-likeness (QED) is 0.460. The van der Waals surface area contributed by atoms with Crippen LogP contribution in [-0.4, -0.2) is 38.0 Å². The van der Waals surface area contributed by atoms with Crippen LogP contribution in [0.15, 0.2) is 30.0 Å². The predicted octanol–water partition coefficient (Wildman–Crippen LogP) is 2.54. The molecule has 0 saturated carbocycles. The molecule has 0 aliphatic rings. The van der Waals surface area contributed by atoms with E-state index in [1.165, 1.54) is 6.20 Å². The Balaban J connectivity index is 2.61. The lowest BCUT2D eigenvalue weighted by molar-refractivity contribution is -0.112. The summed E-state index contributed by atoms with van der Waals surface area (Å²) in [6, 6.07) is 7.15. The zero-order valence-corrected chi connectivity index (χ0v) is 13.9. The normalized spacial score (nSPS) is 11.2. The third-order valence-corrected chi connectivity index (χ3v) is 3.46. The molecule has 1 rings (SSSR count). The molecule has 0 fully saturated rings. The summed E-state index contributed by atoms with van der Waals surface area (Å²) in [5.74, 6) is -0.451. The Bertz CT molecular complexity index is 590. The van der Waals surface area contributed by atoms with E-state index >= 15 is 0 Å². The Morgan fingerprint density at radius 3 is 2.82 bits per heavy atom. The molecular weight excluding hydrogens is 300 g/mol. The largest absolute Gasteiger partial charge is 0.390 e. The molecular formula is C16H21ClN4O. The highest BCUT2D eigenvalue weighted by atomic mass is 35.5. The fraction of sp³-hybridized carbons (Fsp3) is 0.375. The van der Waals surface area contributed by atoms with Crippen molar-refractivity contribution in [3.8, 4) is 6.07 Å². The Morgan fingerprint density at radius 1 is 1.45 bits per heavy atom. The van der Waals surface area contributed by atoms with Gasteiger partial charge in [0.25, 0.3) is 5.91 Å². The van der Waals surface area contributed by atoms with Gasteiger partial charge in [-0.3, -0.25) is 4.79 Å². The molecule has 1 amide bonds. The molecule has 118 valence electrons. The number of nitriles is 1. The Kier molecular flexibility index (Phi) is 7.44. The van der Waals surface area contributed by atoms with Crippen molar-refractivity contribution in [1.29, 1.82) is 5.26 Å². The number of anilines is 1. The van der Waals surface area contributed by atoms with Gasteiger partial charge in [0.1, 0.15) is 11.6 Å². The molecule has 0 aromatic heterocycles. The molecule has 5 nitrogen and oxygen atoms in total. The number of hydrogen-bond donors (Lipinski definition) is 2. The van der Waals surface area contributed by atoms with Gasteiger partial charge in [0.2, 0.25) is 0 Å². The van der Waals surface area contributed by atoms with E-state index in [0.29, 0.717) is 17.3 Å². The van der Waals surface area contributed by atoms with Gasteiger partial charge in [0.05, 0.1) is 0 Å². The fourth-order valence-electron chi connectivity index (χ4n) is 1.75. The Morgan fingerprint density at radius 2 is 2.18 bits per heavy atom. The van der Waals surface area contributed by atoms with E-state index in [4.69, 9.17) is 16.9 Å². The molecule has 6 heteroatoms. The van der Waals surface area contributed by atoms with E-state index < -0.39 is 5.91 Å². The summed E-state index contributed by atoms with van der Waals surface area (Å²) in [7, 11) is 3.99. The molecule has 0 aliphatic heterocycles. The van der Waals surface area contributed by atoms with Crippen LogP contribution in [0.3, 0.4) is 0 Å². The van der Waals surface area contributed by atoms with Crippen LogP contribution in [0.2, 0.25) is 5.02 Å². The first-order chi connectivity index (χ1) is 10.5. The molecule has 0 heterocycles. The van der Waals surface area contributed by atoms with Crippen LogP contribution in [0, 0.1) is 18.3 Å². The maximum absolute atomic E-state index is 12.1. The van der Waals surface area contributed by atoms with Crippen molar-refractivity contribution >= 4 is 23.2 Å². The second-order valence-corrected chi connectivity index (χ2v) is 5.55. The number of carbonyl (C=O) groups excluding carboxylic acids is 1. The molecule has 1 aromatic carbocycles. The fourth-order valence-corrected chi connectivity index (χ4v) is 1.93. The number of nitrogens with zero attached hydrogens (tertiary/aromatic N) is 2. The van der Waals surface area contributed by atoms with E-state index in [1.54, 1.807) is 18.2 Å². The smallest absolute Gasteiger partial charge is 0.267 e. The van der Waals surface area contributed by atoms with Gasteiger partial charge < -0.3 is 15.5 Å². The van der Waals surface area contributed by atoms with E-state index in [2.05, 4.69) is 15.5 Å². The van der Waals surface area contributed by atoms with Crippen LogP contribution in [0.5, 0.6) is 0 Å². The van der Waals surface area contributed by atoms with Gasteiger partial charge in [-0.2, -0.15) is 5.26 Å². The zero-order chi connectivity index (χ0) is 16.5. The van der Waals surface area contributed by atoms with Gasteiger partial charge in [-0.1, -0.05) is 17.7 Å². The van der Waals surface area contributed by atoms with Crippen molar-refractivity contribution in [2.75, 3.05) is 32.5 Å². The number of carbonyl (C=O) groups is 1. The zero-order valence-electron chi connectivity index (χ0n) is 13.1. The van der Waals surface area contributed by atoms with E-state index in [0.717, 1.165) is 18.5 Å². The van der Waals surface area contributed by atoms with Crippen molar-refractivity contribution in [2.24, 2.45) is 0 Å². The molecule has 0 unspecified atom stereocenters. The standard InChI is InChI=1S/C16H21ClN4O/c1-12-14(17)6-4-7-15(12)20-16(22)13(10-18)11-19-8-5-9-21(2)3/h4,6-7,11,19H,5,8-9H2,1-3H3,(H,20,22)/b13-11-. The van der Waals surface area contributed by atoms with Crippen LogP contribution < -0.4 is 10.6 Å². The summed E-state index contributed by atoms with van der Waals surface area (Å²) in [4.78, 5) is 14.2. The van der Waals surface area contributed by atoms with Crippen LogP contribution >= 0.6 is 11.6 Å². The summed E-state index contributed by atoms with van der Waals surface area (Å²) in [5.41, 5.74) is 1.41. The van der Waals surface area contributed by atoms with Crippen LogP contribution in [-0.2, 0) is 4.79 Å². The van der Waals surface area contributed by atoms with Crippen LogP contribution in [0.1, 0.15) is 12.0 Å². The van der Waals surface area contributed by atoms with Crippen molar-refractivity contribution < 1.29 is 4.79 Å². The first kappa shape index (κ1) is 18.0. The average molecular weight is 321 g/mol. The van der Waals surface area contributed by atoms with Crippen molar-refractivity contribution in [3.63, 3.8) is 0 Å². The SMILES string of the molecule is Cc1c(Cl)cccc1NC(=O)/C(C#N)=C\NCCCN(C)C. The number of amides is 1. The highest BCUT2D eigenvalue weighted by Gasteiger charge is 2.11. The highest BCUT2D eigenvalue weighted by molar-refractivity contribution is 6.31. The Labute approximate surface area is 136 Å². The summed E-state index contributed by atoms with van der Waals surface area (Å²) < 4.78 is 0. The molecule has 0 aliphatic carbocycles. The lowest BCUT2D eigenvalue weighted by atomic mass is 10.2. The van der Waals surface area contributed by atoms with Gasteiger partial charge >= 0.3 is 0 Å². The molecule has 0 atom stereocenters. The number of nitrogens with one attached hydrogen (secondary N) is 2. The predicted molar refractivity (Wildman–Crippen MR) is 89.7 cm³/mol. The minimum atomic E-state index is -0.451. The second kappa shape index (κ2) is 9.08. The van der Waals surface area contributed by atoms with Crippen molar-refractivity contribution in [1.82, 2.24) is 10.2 Å². The first-order valence-electron chi connectivity index (χ1n) is 7.00. The summed E-state index contributed by atoms with van der Waals surface area (Å²) in [6.45, 7) is 3.46. The minimum Gasteiger partial charge on any atom is -0.390 e. The molecule has 1 aromatic rings. The lowest BCUT2D eigenvalue weighted by Crippen LogP contribution is -2.20. The van der Waals surface area contributed by atoms with Crippen LogP contribution in [0.4, 0.5) is 5.69 Å². The third kappa shape index (κ3) is 5.76. The topological polar surface area (TPSA) is 68.2 Å². The maximum atomic E-state index is 12.1. The minimum absolute atomic E-state index is 0.0317. The Hall–Kier alpha value is -2.03. The van der Waals surface area contributed by atoms with Gasteiger partial charge in [-0.15, -0.1) is 0 Å². The van der Waals surface area contributed by atoms with Crippen molar-refractivity contribution in [3.05, 3.63) is 40.6 Å². The highest BCUT2D eigenvalue weighted by Crippen LogP contribution is 2.23. The van der Waals surface area contributed by atoms with Gasteiger partial charge in [-0.05, 0) is 51.7 Å². The summed E-state index contributed by atoms with van der Waals surface area (Å²) in [6.07, 6.45) is 2.38. The van der Waals surface area contributed by atoms with Crippen molar-refractivity contribution in [2.45, 2.75) is 13.3 Å². The van der Waals surface area contributed by atoms with Gasteiger partial charge in [0.15, 0.2) is 0 Å². The van der Waals surface area contributed by atoms with Crippen LogP contribution in [0.25, 0.3) is 0 Å². The average Bonchev–Trinajstić information content (AvgIpc) is 2.47. The van der Waals surface area contributed by atoms with E-state index in [-0.39, 0.29) is 5.57 Å². The summed E-state index contributed by atoms with van der Waals surface area (Å²) >= 11 is 6.01. The number of hydrogen-bond acceptors (Lipinski definition) is 4. The second-order valence-electron chi connectivity index (χ2n) is 5.15. The molecule has 2 N–H and O–H groups in total. The van der Waals surface area contributed by atoms with Gasteiger partial charge in [-0.25, -0.2) is 0 Å². The molecule has 0 saturated heterocycles. The first-order valence-corrected chi connectivity index (χ1v) is 7.38.